The Balaban J connectivity index is 1.66. The third kappa shape index (κ3) is 4.71. The van der Waals surface area contributed by atoms with Gasteiger partial charge in [0.2, 0.25) is 5.91 Å². The lowest BCUT2D eigenvalue weighted by Gasteiger charge is -2.02. The van der Waals surface area contributed by atoms with Crippen LogP contribution in [0.3, 0.4) is 0 Å². The highest BCUT2D eigenvalue weighted by atomic mass is 35.5. The topological polar surface area (TPSA) is 46.9 Å². The lowest BCUT2D eigenvalue weighted by atomic mass is 10.2. The summed E-state index contributed by atoms with van der Waals surface area (Å²) in [6, 6.07) is 13.3. The summed E-state index contributed by atoms with van der Waals surface area (Å²) < 4.78 is 14.5. The number of hydrogen-bond acceptors (Lipinski definition) is 2. The Kier molecular flexibility index (Phi) is 5.71. The van der Waals surface area contributed by atoms with Crippen molar-refractivity contribution in [2.45, 2.75) is 6.54 Å². The van der Waals surface area contributed by atoms with E-state index >= 15 is 0 Å². The predicted molar refractivity (Wildman–Crippen MR) is 102 cm³/mol. The van der Waals surface area contributed by atoms with Crippen LogP contribution in [0.25, 0.3) is 6.08 Å². The molecule has 3 rings (SSSR count). The van der Waals surface area contributed by atoms with Gasteiger partial charge in [-0.25, -0.2) is 4.39 Å². The minimum atomic E-state index is -0.376. The van der Waals surface area contributed by atoms with E-state index in [9.17, 15) is 9.18 Å². The maximum atomic E-state index is 13.0. The Labute approximate surface area is 159 Å². The van der Waals surface area contributed by atoms with Gasteiger partial charge in [0.25, 0.3) is 0 Å². The van der Waals surface area contributed by atoms with E-state index in [1.807, 2.05) is 12.1 Å². The van der Waals surface area contributed by atoms with Crippen LogP contribution in [0.15, 0.2) is 60.8 Å². The van der Waals surface area contributed by atoms with Crippen molar-refractivity contribution in [3.05, 3.63) is 87.8 Å². The summed E-state index contributed by atoms with van der Waals surface area (Å²) in [5.41, 5.74) is 1.60. The van der Waals surface area contributed by atoms with Gasteiger partial charge >= 0.3 is 0 Å². The highest BCUT2D eigenvalue weighted by molar-refractivity contribution is 6.33. The summed E-state index contributed by atoms with van der Waals surface area (Å²) in [5.74, 6) is -0.424. The Morgan fingerprint density at radius 2 is 1.85 bits per heavy atom. The SMILES string of the molecule is O=C(/C=C/c1ccccc1Cl)Nc1nn(Cc2ccc(F)cc2)cc1Cl. The maximum absolute atomic E-state index is 13.0. The number of rotatable bonds is 5. The summed E-state index contributed by atoms with van der Waals surface area (Å²) in [7, 11) is 0. The molecule has 0 spiro atoms. The van der Waals surface area contributed by atoms with Gasteiger partial charge in [-0.2, -0.15) is 5.10 Å². The number of nitrogens with zero attached hydrogens (tertiary/aromatic N) is 2. The van der Waals surface area contributed by atoms with Gasteiger partial charge in [-0.1, -0.05) is 53.5 Å². The zero-order valence-corrected chi connectivity index (χ0v) is 15.0. The highest BCUT2D eigenvalue weighted by Crippen LogP contribution is 2.21. The van der Waals surface area contributed by atoms with Crippen molar-refractivity contribution in [2.24, 2.45) is 0 Å². The molecule has 0 aliphatic heterocycles. The second kappa shape index (κ2) is 8.17. The van der Waals surface area contributed by atoms with Gasteiger partial charge in [0, 0.05) is 17.3 Å². The van der Waals surface area contributed by atoms with Crippen LogP contribution in [0, 0.1) is 5.82 Å². The number of carbonyl (C=O) groups excluding carboxylic acids is 1. The fourth-order valence-electron chi connectivity index (χ4n) is 2.27. The number of hydrogen-bond donors (Lipinski definition) is 1. The van der Waals surface area contributed by atoms with Crippen molar-refractivity contribution in [3.8, 4) is 0 Å². The molecule has 0 aliphatic carbocycles. The van der Waals surface area contributed by atoms with Gasteiger partial charge < -0.3 is 5.32 Å². The first kappa shape index (κ1) is 18.2. The quantitative estimate of drug-likeness (QED) is 0.622. The first-order valence-electron chi connectivity index (χ1n) is 7.72. The standard InChI is InChI=1S/C19H14Cl2FN3O/c20-16-4-2-1-3-14(16)7-10-18(26)23-19-17(21)12-25(24-19)11-13-5-8-15(22)9-6-13/h1-10,12H,11H2,(H,23,24,26)/b10-7+. The number of halogens is 3. The number of benzene rings is 2. The first-order chi connectivity index (χ1) is 12.5. The largest absolute Gasteiger partial charge is 0.304 e. The molecule has 1 aromatic heterocycles. The Hall–Kier alpha value is -2.63. The molecule has 26 heavy (non-hydrogen) atoms. The molecule has 0 unspecified atom stereocenters. The second-order valence-corrected chi connectivity index (χ2v) is 6.31. The number of carbonyl (C=O) groups is 1. The van der Waals surface area contributed by atoms with Crippen molar-refractivity contribution in [2.75, 3.05) is 5.32 Å². The minimum absolute atomic E-state index is 0.252. The highest BCUT2D eigenvalue weighted by Gasteiger charge is 2.09. The molecule has 1 amide bonds. The van der Waals surface area contributed by atoms with Crippen molar-refractivity contribution in [1.29, 1.82) is 0 Å². The molecule has 1 heterocycles. The Morgan fingerprint density at radius 1 is 1.12 bits per heavy atom. The molecular weight excluding hydrogens is 376 g/mol. The van der Waals surface area contributed by atoms with E-state index in [0.29, 0.717) is 16.6 Å². The van der Waals surface area contributed by atoms with E-state index in [1.165, 1.54) is 18.2 Å². The first-order valence-corrected chi connectivity index (χ1v) is 8.48. The van der Waals surface area contributed by atoms with Gasteiger partial charge in [0.05, 0.1) is 6.54 Å². The van der Waals surface area contributed by atoms with Gasteiger partial charge in [0.15, 0.2) is 5.82 Å². The number of anilines is 1. The summed E-state index contributed by atoms with van der Waals surface area (Å²) in [5, 5.41) is 7.73. The average Bonchev–Trinajstić information content (AvgIpc) is 2.95. The summed E-state index contributed by atoms with van der Waals surface area (Å²) in [4.78, 5) is 12.1. The van der Waals surface area contributed by atoms with Crippen LogP contribution in [0.2, 0.25) is 10.0 Å². The lowest BCUT2D eigenvalue weighted by Crippen LogP contribution is -2.09. The average molecular weight is 390 g/mol. The van der Waals surface area contributed by atoms with Crippen LogP contribution < -0.4 is 5.32 Å². The van der Waals surface area contributed by atoms with Crippen LogP contribution in [0.1, 0.15) is 11.1 Å². The van der Waals surface area contributed by atoms with E-state index < -0.39 is 0 Å². The maximum Gasteiger partial charge on any atom is 0.249 e. The molecular formula is C19H14Cl2FN3O. The fourth-order valence-corrected chi connectivity index (χ4v) is 2.67. The van der Waals surface area contributed by atoms with E-state index in [1.54, 1.807) is 41.2 Å². The van der Waals surface area contributed by atoms with Crippen LogP contribution >= 0.6 is 23.2 Å². The van der Waals surface area contributed by atoms with Crippen LogP contribution in [0.4, 0.5) is 10.2 Å². The van der Waals surface area contributed by atoms with Crippen molar-refractivity contribution < 1.29 is 9.18 Å². The van der Waals surface area contributed by atoms with E-state index in [0.717, 1.165) is 11.1 Å². The van der Waals surface area contributed by atoms with E-state index in [2.05, 4.69) is 10.4 Å². The molecule has 0 atom stereocenters. The number of aromatic nitrogens is 2. The number of amides is 1. The molecule has 0 saturated heterocycles. The molecule has 7 heteroatoms. The van der Waals surface area contributed by atoms with Crippen molar-refractivity contribution >= 4 is 41.0 Å². The third-order valence-electron chi connectivity index (χ3n) is 3.54. The van der Waals surface area contributed by atoms with Gasteiger partial charge in [-0.05, 0) is 35.4 Å². The van der Waals surface area contributed by atoms with Crippen molar-refractivity contribution in [1.82, 2.24) is 9.78 Å². The number of nitrogens with one attached hydrogen (secondary N) is 1. The molecule has 0 radical (unpaired) electrons. The molecule has 0 bridgehead atoms. The van der Waals surface area contributed by atoms with E-state index in [-0.39, 0.29) is 17.5 Å². The van der Waals surface area contributed by atoms with E-state index in [4.69, 9.17) is 23.2 Å². The van der Waals surface area contributed by atoms with Gasteiger partial charge in [0.1, 0.15) is 10.8 Å². The summed E-state index contributed by atoms with van der Waals surface area (Å²) in [6.45, 7) is 0.408. The molecule has 0 saturated carbocycles. The summed E-state index contributed by atoms with van der Waals surface area (Å²) in [6.07, 6.45) is 4.57. The van der Waals surface area contributed by atoms with Crippen LogP contribution in [0.5, 0.6) is 0 Å². The smallest absolute Gasteiger partial charge is 0.249 e. The minimum Gasteiger partial charge on any atom is -0.304 e. The zero-order valence-electron chi connectivity index (χ0n) is 13.5. The van der Waals surface area contributed by atoms with Gasteiger partial charge in [-0.15, -0.1) is 0 Å². The molecule has 132 valence electrons. The molecule has 0 aliphatic rings. The second-order valence-electron chi connectivity index (χ2n) is 5.49. The third-order valence-corrected chi connectivity index (χ3v) is 4.16. The Bertz CT molecular complexity index is 952. The molecule has 2 aromatic carbocycles. The molecule has 1 N–H and O–H groups in total. The summed E-state index contributed by atoms with van der Waals surface area (Å²) >= 11 is 12.2. The lowest BCUT2D eigenvalue weighted by molar-refractivity contribution is -0.111. The van der Waals surface area contributed by atoms with Gasteiger partial charge in [-0.3, -0.25) is 9.48 Å². The van der Waals surface area contributed by atoms with Crippen LogP contribution in [-0.2, 0) is 11.3 Å². The Morgan fingerprint density at radius 3 is 2.58 bits per heavy atom. The normalized spacial score (nSPS) is 11.0. The molecule has 3 aromatic rings. The zero-order chi connectivity index (χ0) is 18.5. The monoisotopic (exact) mass is 389 g/mol. The van der Waals surface area contributed by atoms with Crippen LogP contribution in [-0.4, -0.2) is 15.7 Å². The molecule has 4 nitrogen and oxygen atoms in total. The van der Waals surface area contributed by atoms with Crippen molar-refractivity contribution in [3.63, 3.8) is 0 Å². The predicted octanol–water partition coefficient (Wildman–Crippen LogP) is 5.03. The molecule has 0 fully saturated rings. The fraction of sp³-hybridized carbons (Fsp3) is 0.0526.